The van der Waals surface area contributed by atoms with Gasteiger partial charge in [-0.1, -0.05) is 25.0 Å². The van der Waals surface area contributed by atoms with E-state index in [2.05, 4.69) is 32.2 Å². The average molecular weight is 208 g/mol. The Bertz CT molecular complexity index is 262. The van der Waals surface area contributed by atoms with E-state index in [9.17, 15) is 0 Å². The average Bonchev–Trinajstić information content (AvgIpc) is 2.25. The summed E-state index contributed by atoms with van der Waals surface area (Å²) in [4.78, 5) is 0. The first-order valence-electron chi connectivity index (χ1n) is 5.64. The van der Waals surface area contributed by atoms with E-state index in [-0.39, 0.29) is 0 Å². The Kier molecular flexibility index (Phi) is 6.97. The molecule has 0 spiro atoms. The molecular formula is C13H24N2. The number of likely N-dealkylation sites (N-methyl/N-ethyl adjacent to an activating group) is 1. The molecule has 0 rings (SSSR count). The molecule has 0 aliphatic rings. The monoisotopic (exact) mass is 208 g/mol. The molecule has 0 saturated carbocycles. The largest absolute Gasteiger partial charge is 0.313 e. The molecule has 0 aromatic carbocycles. The van der Waals surface area contributed by atoms with Crippen molar-refractivity contribution in [3.05, 3.63) is 22.8 Å². The Morgan fingerprint density at radius 1 is 1.40 bits per heavy atom. The third-order valence-corrected chi connectivity index (χ3v) is 2.67. The first kappa shape index (κ1) is 14.1. The molecule has 86 valence electrons. The standard InChI is InChI=1S/C13H24N2/c1-6-7-8-10(2)13(11(3)9-14)12(4)15-5/h8-9,12,14-15H,6-7H2,1-5H3. The van der Waals surface area contributed by atoms with Crippen molar-refractivity contribution >= 4 is 6.21 Å². The van der Waals surface area contributed by atoms with Crippen LogP contribution >= 0.6 is 0 Å². The second-order valence-corrected chi connectivity index (χ2v) is 3.93. The van der Waals surface area contributed by atoms with Gasteiger partial charge < -0.3 is 10.7 Å². The summed E-state index contributed by atoms with van der Waals surface area (Å²) in [5.74, 6) is 0. The zero-order valence-electron chi connectivity index (χ0n) is 10.6. The number of rotatable bonds is 6. The molecule has 2 N–H and O–H groups in total. The topological polar surface area (TPSA) is 35.9 Å². The van der Waals surface area contributed by atoms with Crippen molar-refractivity contribution in [3.8, 4) is 0 Å². The number of hydrogen-bond acceptors (Lipinski definition) is 2. The van der Waals surface area contributed by atoms with Crippen LogP contribution < -0.4 is 5.32 Å². The van der Waals surface area contributed by atoms with E-state index in [0.29, 0.717) is 6.04 Å². The molecule has 0 aromatic rings. The van der Waals surface area contributed by atoms with Crippen molar-refractivity contribution in [1.82, 2.24) is 5.32 Å². The minimum atomic E-state index is 0.305. The number of nitrogens with one attached hydrogen (secondary N) is 2. The molecule has 0 heterocycles. The van der Waals surface area contributed by atoms with Crippen LogP contribution in [0.25, 0.3) is 0 Å². The highest BCUT2D eigenvalue weighted by Gasteiger charge is 2.10. The van der Waals surface area contributed by atoms with Gasteiger partial charge in [-0.05, 0) is 45.4 Å². The van der Waals surface area contributed by atoms with Gasteiger partial charge in [-0.3, -0.25) is 0 Å². The first-order valence-corrected chi connectivity index (χ1v) is 5.64. The molecule has 0 bridgehead atoms. The summed E-state index contributed by atoms with van der Waals surface area (Å²) in [6.45, 7) is 8.44. The van der Waals surface area contributed by atoms with E-state index in [1.165, 1.54) is 23.8 Å². The van der Waals surface area contributed by atoms with Gasteiger partial charge in [0.15, 0.2) is 0 Å². The zero-order valence-corrected chi connectivity index (χ0v) is 10.6. The van der Waals surface area contributed by atoms with Crippen LogP contribution in [0, 0.1) is 5.41 Å². The summed E-state index contributed by atoms with van der Waals surface area (Å²) >= 11 is 0. The molecule has 1 atom stereocenters. The molecule has 0 saturated heterocycles. The van der Waals surface area contributed by atoms with Crippen LogP contribution in [0.4, 0.5) is 0 Å². The molecule has 0 fully saturated rings. The Labute approximate surface area is 94.0 Å². The smallest absolute Gasteiger partial charge is 0.0294 e. The molecular weight excluding hydrogens is 184 g/mol. The van der Waals surface area contributed by atoms with Crippen molar-refractivity contribution in [2.75, 3.05) is 7.05 Å². The quantitative estimate of drug-likeness (QED) is 0.510. The molecule has 15 heavy (non-hydrogen) atoms. The fraction of sp³-hybridized carbons (Fsp3) is 0.615. The van der Waals surface area contributed by atoms with Gasteiger partial charge in [0.05, 0.1) is 0 Å². The second kappa shape index (κ2) is 7.41. The molecule has 2 nitrogen and oxygen atoms in total. The van der Waals surface area contributed by atoms with Gasteiger partial charge in [0, 0.05) is 12.3 Å². The van der Waals surface area contributed by atoms with E-state index in [0.717, 1.165) is 12.0 Å². The van der Waals surface area contributed by atoms with Crippen molar-refractivity contribution < 1.29 is 0 Å². The maximum atomic E-state index is 7.34. The fourth-order valence-corrected chi connectivity index (χ4v) is 1.69. The minimum Gasteiger partial charge on any atom is -0.313 e. The summed E-state index contributed by atoms with van der Waals surface area (Å²) in [5, 5.41) is 10.6. The van der Waals surface area contributed by atoms with E-state index < -0.39 is 0 Å². The Morgan fingerprint density at radius 2 is 2.00 bits per heavy atom. The highest BCUT2D eigenvalue weighted by atomic mass is 14.9. The SMILES string of the molecule is CCCC=C(C)C(=C(C)C=N)C(C)NC. The van der Waals surface area contributed by atoms with Crippen LogP contribution in [-0.2, 0) is 0 Å². The molecule has 0 aliphatic heterocycles. The van der Waals surface area contributed by atoms with Crippen LogP contribution in [0.2, 0.25) is 0 Å². The molecule has 2 heteroatoms. The second-order valence-electron chi connectivity index (χ2n) is 3.93. The van der Waals surface area contributed by atoms with Crippen LogP contribution in [0.15, 0.2) is 22.8 Å². The van der Waals surface area contributed by atoms with Gasteiger partial charge in [0.1, 0.15) is 0 Å². The Hall–Kier alpha value is -0.890. The summed E-state index contributed by atoms with van der Waals surface area (Å²) in [7, 11) is 1.95. The zero-order chi connectivity index (χ0) is 11.8. The molecule has 0 aromatic heterocycles. The lowest BCUT2D eigenvalue weighted by atomic mass is 9.95. The van der Waals surface area contributed by atoms with Crippen LogP contribution in [0.1, 0.15) is 40.5 Å². The summed E-state index contributed by atoms with van der Waals surface area (Å²) in [5.41, 5.74) is 3.59. The number of unbranched alkanes of at least 4 members (excludes halogenated alkanes) is 1. The number of allylic oxidation sites excluding steroid dienone is 2. The predicted molar refractivity (Wildman–Crippen MR) is 68.7 cm³/mol. The van der Waals surface area contributed by atoms with Crippen LogP contribution in [0.5, 0.6) is 0 Å². The predicted octanol–water partition coefficient (Wildman–Crippen LogP) is 3.31. The summed E-state index contributed by atoms with van der Waals surface area (Å²) < 4.78 is 0. The third kappa shape index (κ3) is 4.43. The van der Waals surface area contributed by atoms with Gasteiger partial charge in [0.2, 0.25) is 0 Å². The maximum Gasteiger partial charge on any atom is 0.0294 e. The highest BCUT2D eigenvalue weighted by Crippen LogP contribution is 2.18. The van der Waals surface area contributed by atoms with Gasteiger partial charge in [-0.2, -0.15) is 0 Å². The van der Waals surface area contributed by atoms with Gasteiger partial charge >= 0.3 is 0 Å². The van der Waals surface area contributed by atoms with Crippen LogP contribution in [-0.4, -0.2) is 19.3 Å². The summed E-state index contributed by atoms with van der Waals surface area (Å²) in [6.07, 6.45) is 5.97. The lowest BCUT2D eigenvalue weighted by Crippen LogP contribution is -2.25. The first-order chi connectivity index (χ1) is 7.08. The van der Waals surface area contributed by atoms with Gasteiger partial charge in [-0.15, -0.1) is 0 Å². The van der Waals surface area contributed by atoms with Crippen molar-refractivity contribution in [1.29, 1.82) is 5.41 Å². The van der Waals surface area contributed by atoms with E-state index in [1.54, 1.807) is 0 Å². The van der Waals surface area contributed by atoms with Gasteiger partial charge in [-0.25, -0.2) is 0 Å². The van der Waals surface area contributed by atoms with Gasteiger partial charge in [0.25, 0.3) is 0 Å². The Balaban J connectivity index is 5.03. The Morgan fingerprint density at radius 3 is 2.40 bits per heavy atom. The third-order valence-electron chi connectivity index (χ3n) is 2.67. The molecule has 0 aliphatic carbocycles. The van der Waals surface area contributed by atoms with Crippen molar-refractivity contribution in [3.63, 3.8) is 0 Å². The van der Waals surface area contributed by atoms with E-state index in [1.807, 2.05) is 14.0 Å². The normalized spacial score (nSPS) is 15.9. The van der Waals surface area contributed by atoms with Crippen LogP contribution in [0.3, 0.4) is 0 Å². The molecule has 0 radical (unpaired) electrons. The lowest BCUT2D eigenvalue weighted by molar-refractivity contribution is 0.693. The minimum absolute atomic E-state index is 0.305. The van der Waals surface area contributed by atoms with Crippen molar-refractivity contribution in [2.45, 2.75) is 46.6 Å². The van der Waals surface area contributed by atoms with Crippen molar-refractivity contribution in [2.24, 2.45) is 0 Å². The summed E-state index contributed by atoms with van der Waals surface area (Å²) in [6, 6.07) is 0.305. The molecule has 1 unspecified atom stereocenters. The maximum absolute atomic E-state index is 7.34. The van der Waals surface area contributed by atoms with E-state index >= 15 is 0 Å². The molecule has 0 amide bonds. The van der Waals surface area contributed by atoms with E-state index in [4.69, 9.17) is 5.41 Å². The number of hydrogen-bond donors (Lipinski definition) is 2. The fourth-order valence-electron chi connectivity index (χ4n) is 1.69. The highest BCUT2D eigenvalue weighted by molar-refractivity contribution is 5.78. The lowest BCUT2D eigenvalue weighted by Gasteiger charge is -2.18.